The summed E-state index contributed by atoms with van der Waals surface area (Å²) in [6, 6.07) is 0. The van der Waals surface area contributed by atoms with Gasteiger partial charge in [0.15, 0.2) is 16.6 Å². The minimum atomic E-state index is -2.52. The summed E-state index contributed by atoms with van der Waals surface area (Å²) < 4.78 is 32.7. The van der Waals surface area contributed by atoms with E-state index in [0.29, 0.717) is 37.6 Å². The monoisotopic (exact) mass is 409 g/mol. The van der Waals surface area contributed by atoms with Gasteiger partial charge in [0.25, 0.3) is 0 Å². The fourth-order valence-corrected chi connectivity index (χ4v) is 5.32. The van der Waals surface area contributed by atoms with Crippen LogP contribution in [0.2, 0.25) is 36.3 Å². The van der Waals surface area contributed by atoms with Crippen LogP contribution in [-0.2, 0) is 18.6 Å². The van der Waals surface area contributed by atoms with E-state index in [9.17, 15) is 4.21 Å². The molecule has 4 nitrogen and oxygen atoms in total. The van der Waals surface area contributed by atoms with Crippen molar-refractivity contribution in [1.29, 1.82) is 4.78 Å². The zero-order valence-electron chi connectivity index (χ0n) is 18.4. The molecule has 0 saturated carbocycles. The van der Waals surface area contributed by atoms with Crippen molar-refractivity contribution in [2.75, 3.05) is 24.7 Å². The summed E-state index contributed by atoms with van der Waals surface area (Å²) in [5, 5.41) is 0.382. The predicted molar refractivity (Wildman–Crippen MR) is 116 cm³/mol. The molecule has 0 aromatic carbocycles. The number of nitrogens with one attached hydrogen (secondary N) is 1. The van der Waals surface area contributed by atoms with Gasteiger partial charge in [-0.3, -0.25) is 4.78 Å². The summed E-state index contributed by atoms with van der Waals surface area (Å²) in [5.41, 5.74) is 0. The van der Waals surface area contributed by atoms with Gasteiger partial charge < -0.3 is 8.85 Å². The first-order valence-electron chi connectivity index (χ1n) is 9.43. The Bertz CT molecular complexity index is 463. The summed E-state index contributed by atoms with van der Waals surface area (Å²) in [7, 11) is -6.00. The van der Waals surface area contributed by atoms with Gasteiger partial charge in [-0.1, -0.05) is 41.5 Å². The smallest absolute Gasteiger partial charge is 0.191 e. The van der Waals surface area contributed by atoms with Crippen LogP contribution in [0.5, 0.6) is 0 Å². The van der Waals surface area contributed by atoms with E-state index < -0.39 is 26.4 Å². The minimum absolute atomic E-state index is 0.191. The van der Waals surface area contributed by atoms with Gasteiger partial charge in [0.05, 0.1) is 0 Å². The van der Waals surface area contributed by atoms with E-state index in [4.69, 9.17) is 13.6 Å². The Balaban J connectivity index is 4.16. The molecule has 152 valence electrons. The molecule has 0 heterocycles. The van der Waals surface area contributed by atoms with E-state index >= 15 is 0 Å². The Morgan fingerprint density at radius 3 is 1.28 bits per heavy atom. The summed E-state index contributed by atoms with van der Waals surface area (Å²) in [6.07, 6.45) is 1.41. The topological polar surface area (TPSA) is 59.4 Å². The SMILES string of the molecule is CC(C)(C)[Si](C)(C)OCCCS(=N)(=O)CCCO[Si](C)(C)C(C)(C)C. The third-order valence-corrected chi connectivity index (χ3v) is 16.7. The lowest BCUT2D eigenvalue weighted by atomic mass is 10.2. The molecule has 25 heavy (non-hydrogen) atoms. The molecule has 0 fully saturated rings. The summed E-state index contributed by atoms with van der Waals surface area (Å²) >= 11 is 0. The maximum Gasteiger partial charge on any atom is 0.191 e. The van der Waals surface area contributed by atoms with Crippen LogP contribution in [-0.4, -0.2) is 45.6 Å². The van der Waals surface area contributed by atoms with Crippen LogP contribution in [0.15, 0.2) is 0 Å². The largest absolute Gasteiger partial charge is 0.417 e. The quantitative estimate of drug-likeness (QED) is 0.363. The molecule has 0 bridgehead atoms. The molecular weight excluding hydrogens is 366 g/mol. The number of rotatable bonds is 10. The molecule has 0 saturated heterocycles. The molecule has 0 aromatic rings. The molecule has 0 rings (SSSR count). The molecule has 0 aliphatic rings. The van der Waals surface area contributed by atoms with Crippen molar-refractivity contribution in [3.63, 3.8) is 0 Å². The lowest BCUT2D eigenvalue weighted by molar-refractivity contribution is 0.287. The number of hydrogen-bond donors (Lipinski definition) is 1. The number of hydrogen-bond acceptors (Lipinski definition) is 4. The van der Waals surface area contributed by atoms with Crippen LogP contribution in [0, 0.1) is 4.78 Å². The van der Waals surface area contributed by atoms with Gasteiger partial charge in [0.2, 0.25) is 0 Å². The Kier molecular flexibility index (Phi) is 9.11. The third-order valence-electron chi connectivity index (χ3n) is 5.78. The van der Waals surface area contributed by atoms with Gasteiger partial charge in [-0.25, -0.2) is 4.21 Å². The molecule has 0 amide bonds. The Hall–Kier alpha value is 0.304. The van der Waals surface area contributed by atoms with E-state index in [1.54, 1.807) is 0 Å². The highest BCUT2D eigenvalue weighted by molar-refractivity contribution is 7.92. The molecule has 0 aromatic heterocycles. The molecule has 7 heteroatoms. The van der Waals surface area contributed by atoms with Crippen LogP contribution in [0.3, 0.4) is 0 Å². The minimum Gasteiger partial charge on any atom is -0.417 e. The first kappa shape index (κ1) is 25.3. The van der Waals surface area contributed by atoms with E-state index in [1.165, 1.54) is 0 Å². The zero-order valence-corrected chi connectivity index (χ0v) is 21.2. The molecule has 0 atom stereocenters. The van der Waals surface area contributed by atoms with E-state index in [-0.39, 0.29) is 10.1 Å². The fraction of sp³-hybridized carbons (Fsp3) is 1.00. The lowest BCUT2D eigenvalue weighted by Gasteiger charge is -2.36. The van der Waals surface area contributed by atoms with E-state index in [0.717, 1.165) is 0 Å². The zero-order chi connectivity index (χ0) is 20.2. The lowest BCUT2D eigenvalue weighted by Crippen LogP contribution is -2.41. The molecule has 1 N–H and O–H groups in total. The van der Waals surface area contributed by atoms with E-state index in [1.807, 2.05) is 0 Å². The van der Waals surface area contributed by atoms with Crippen LogP contribution < -0.4 is 0 Å². The van der Waals surface area contributed by atoms with Crippen molar-refractivity contribution in [3.05, 3.63) is 0 Å². The highest BCUT2D eigenvalue weighted by Crippen LogP contribution is 2.37. The van der Waals surface area contributed by atoms with Crippen molar-refractivity contribution >= 4 is 26.4 Å². The summed E-state index contributed by atoms with van der Waals surface area (Å²) in [5.74, 6) is 0.865. The van der Waals surface area contributed by atoms with Gasteiger partial charge >= 0.3 is 0 Å². The van der Waals surface area contributed by atoms with Crippen molar-refractivity contribution in [2.45, 2.75) is 90.6 Å². The van der Waals surface area contributed by atoms with Gasteiger partial charge in [0.1, 0.15) is 0 Å². The highest BCUT2D eigenvalue weighted by Gasteiger charge is 2.37. The fourth-order valence-electron chi connectivity index (χ4n) is 1.77. The van der Waals surface area contributed by atoms with Crippen molar-refractivity contribution in [3.8, 4) is 0 Å². The Morgan fingerprint density at radius 1 is 0.760 bits per heavy atom. The average Bonchev–Trinajstić information content (AvgIpc) is 2.37. The normalized spacial score (nSPS) is 14.8. The molecule has 0 aliphatic carbocycles. The van der Waals surface area contributed by atoms with Gasteiger partial charge in [-0.05, 0) is 49.1 Å². The van der Waals surface area contributed by atoms with Gasteiger partial charge in [-0.2, -0.15) is 0 Å². The van der Waals surface area contributed by atoms with Gasteiger partial charge in [-0.15, -0.1) is 0 Å². The summed E-state index contributed by atoms with van der Waals surface area (Å²) in [4.78, 5) is 0. The maximum absolute atomic E-state index is 12.4. The molecule has 0 spiro atoms. The first-order valence-corrected chi connectivity index (χ1v) is 17.1. The molecule has 0 unspecified atom stereocenters. The van der Waals surface area contributed by atoms with Crippen molar-refractivity contribution in [2.24, 2.45) is 0 Å². The van der Waals surface area contributed by atoms with Crippen molar-refractivity contribution in [1.82, 2.24) is 0 Å². The molecular formula is C18H43NO3SSi2. The summed E-state index contributed by atoms with van der Waals surface area (Å²) in [6.45, 7) is 23.4. The van der Waals surface area contributed by atoms with Crippen LogP contribution in [0.1, 0.15) is 54.4 Å². The van der Waals surface area contributed by atoms with E-state index in [2.05, 4.69) is 67.7 Å². The third kappa shape index (κ3) is 9.17. The second-order valence-corrected chi connectivity index (χ2v) is 22.2. The molecule has 0 radical (unpaired) electrons. The predicted octanol–water partition coefficient (Wildman–Crippen LogP) is 5.86. The maximum atomic E-state index is 12.4. The van der Waals surface area contributed by atoms with Crippen LogP contribution in [0.25, 0.3) is 0 Å². The highest BCUT2D eigenvalue weighted by atomic mass is 32.2. The van der Waals surface area contributed by atoms with Gasteiger partial charge in [0, 0.05) is 34.4 Å². The standard InChI is InChI=1S/C18H43NO3SSi2/c1-17(2,3)24(7,8)21-13-11-15-23(19,20)16-12-14-22-25(9,10)18(4,5)6/h19H,11-16H2,1-10H3. The van der Waals surface area contributed by atoms with Crippen molar-refractivity contribution < 1.29 is 13.1 Å². The Labute approximate surface area is 159 Å². The Morgan fingerprint density at radius 2 is 1.04 bits per heavy atom. The van der Waals surface area contributed by atoms with Crippen LogP contribution in [0.4, 0.5) is 0 Å². The average molecular weight is 410 g/mol. The molecule has 0 aliphatic heterocycles. The first-order chi connectivity index (χ1) is 10.9. The second-order valence-electron chi connectivity index (χ2n) is 10.1. The second kappa shape index (κ2) is 9.00. The van der Waals surface area contributed by atoms with Crippen LogP contribution >= 0.6 is 0 Å².